The molecule has 1 fully saturated rings. The van der Waals surface area contributed by atoms with Crippen LogP contribution in [-0.2, 0) is 11.2 Å². The number of methoxy groups -OCH3 is 2. The van der Waals surface area contributed by atoms with Gasteiger partial charge in [-0.15, -0.1) is 0 Å². The smallest absolute Gasteiger partial charge is 0.410 e. The number of cyclic esters (lactones) is 1. The zero-order valence-corrected chi connectivity index (χ0v) is 10.4. The summed E-state index contributed by atoms with van der Waals surface area (Å²) in [5.41, 5.74) is 2.30. The minimum absolute atomic E-state index is 0.0149. The average molecular weight is 249 g/mol. The number of rotatable bonds is 2. The Morgan fingerprint density at radius 3 is 2.72 bits per heavy atom. The molecule has 18 heavy (non-hydrogen) atoms. The van der Waals surface area contributed by atoms with E-state index in [2.05, 4.69) is 0 Å². The molecule has 1 amide bonds. The summed E-state index contributed by atoms with van der Waals surface area (Å²) >= 11 is 0. The first-order valence-electron chi connectivity index (χ1n) is 5.92. The van der Waals surface area contributed by atoms with Crippen molar-refractivity contribution in [3.63, 3.8) is 0 Å². The Bertz CT molecular complexity index is 500. The Hall–Kier alpha value is -1.91. The van der Waals surface area contributed by atoms with E-state index in [0.29, 0.717) is 18.9 Å². The van der Waals surface area contributed by atoms with Crippen molar-refractivity contribution >= 4 is 6.09 Å². The van der Waals surface area contributed by atoms with Gasteiger partial charge in [-0.05, 0) is 29.7 Å². The molecule has 2 aliphatic heterocycles. The van der Waals surface area contributed by atoms with Crippen molar-refractivity contribution in [2.75, 3.05) is 27.4 Å². The van der Waals surface area contributed by atoms with Crippen LogP contribution in [0.25, 0.3) is 0 Å². The van der Waals surface area contributed by atoms with Crippen molar-refractivity contribution in [2.24, 2.45) is 0 Å². The van der Waals surface area contributed by atoms with Crippen molar-refractivity contribution in [1.29, 1.82) is 0 Å². The summed E-state index contributed by atoms with van der Waals surface area (Å²) in [6, 6.07) is 3.96. The number of carbonyl (C=O) groups is 1. The van der Waals surface area contributed by atoms with Gasteiger partial charge in [0.05, 0.1) is 20.3 Å². The molecule has 1 unspecified atom stereocenters. The molecule has 2 heterocycles. The standard InChI is InChI=1S/C13H15NO4/c1-16-11-5-8-3-4-14-10(7-18-13(14)15)9(8)6-12(11)17-2/h5-6,10H,3-4,7H2,1-2H3. The van der Waals surface area contributed by atoms with E-state index in [9.17, 15) is 4.79 Å². The van der Waals surface area contributed by atoms with E-state index in [1.165, 1.54) is 5.56 Å². The fraction of sp³-hybridized carbons (Fsp3) is 0.462. The molecule has 5 nitrogen and oxygen atoms in total. The average Bonchev–Trinajstić information content (AvgIpc) is 2.79. The second kappa shape index (κ2) is 4.08. The van der Waals surface area contributed by atoms with Crippen LogP contribution >= 0.6 is 0 Å². The molecule has 2 aliphatic rings. The molecule has 5 heteroatoms. The molecule has 3 rings (SSSR count). The number of nitrogens with zero attached hydrogens (tertiary/aromatic N) is 1. The lowest BCUT2D eigenvalue weighted by Crippen LogP contribution is -2.34. The molecule has 0 aliphatic carbocycles. The number of fused-ring (bicyclic) bond motifs is 3. The zero-order valence-electron chi connectivity index (χ0n) is 10.4. The molecule has 0 aromatic heterocycles. The Morgan fingerprint density at radius 1 is 1.28 bits per heavy atom. The van der Waals surface area contributed by atoms with E-state index in [-0.39, 0.29) is 12.1 Å². The van der Waals surface area contributed by atoms with E-state index < -0.39 is 0 Å². The van der Waals surface area contributed by atoms with Crippen LogP contribution in [-0.4, -0.2) is 38.4 Å². The predicted molar refractivity (Wildman–Crippen MR) is 64.0 cm³/mol. The molecule has 0 N–H and O–H groups in total. The molecule has 0 spiro atoms. The maximum absolute atomic E-state index is 11.5. The molecule has 0 saturated carbocycles. The molecule has 1 atom stereocenters. The zero-order chi connectivity index (χ0) is 12.7. The first-order valence-corrected chi connectivity index (χ1v) is 5.92. The number of hydrogen-bond donors (Lipinski definition) is 0. The van der Waals surface area contributed by atoms with Crippen LogP contribution in [0.4, 0.5) is 4.79 Å². The van der Waals surface area contributed by atoms with Crippen LogP contribution < -0.4 is 9.47 Å². The maximum atomic E-state index is 11.5. The molecule has 1 aromatic rings. The van der Waals surface area contributed by atoms with E-state index >= 15 is 0 Å². The van der Waals surface area contributed by atoms with Gasteiger partial charge in [-0.2, -0.15) is 0 Å². The lowest BCUT2D eigenvalue weighted by Gasteiger charge is -2.29. The normalized spacial score (nSPS) is 21.1. The van der Waals surface area contributed by atoms with Crippen molar-refractivity contribution in [2.45, 2.75) is 12.5 Å². The molecular weight excluding hydrogens is 234 g/mol. The largest absolute Gasteiger partial charge is 0.493 e. The Morgan fingerprint density at radius 2 is 2.00 bits per heavy atom. The summed E-state index contributed by atoms with van der Waals surface area (Å²) < 4.78 is 15.7. The van der Waals surface area contributed by atoms with Gasteiger partial charge >= 0.3 is 6.09 Å². The van der Waals surface area contributed by atoms with Crippen molar-refractivity contribution in [1.82, 2.24) is 4.90 Å². The summed E-state index contributed by atoms with van der Waals surface area (Å²) in [6.45, 7) is 1.12. The van der Waals surface area contributed by atoms with Crippen LogP contribution in [0.3, 0.4) is 0 Å². The summed E-state index contributed by atoms with van der Waals surface area (Å²) in [5, 5.41) is 0. The maximum Gasteiger partial charge on any atom is 0.410 e. The van der Waals surface area contributed by atoms with Gasteiger partial charge < -0.3 is 14.2 Å². The monoisotopic (exact) mass is 249 g/mol. The molecule has 0 radical (unpaired) electrons. The lowest BCUT2D eigenvalue weighted by molar-refractivity contribution is 0.157. The molecule has 0 bridgehead atoms. The number of amides is 1. The summed E-state index contributed by atoms with van der Waals surface area (Å²) in [5.74, 6) is 1.42. The number of ether oxygens (including phenoxy) is 3. The van der Waals surface area contributed by atoms with E-state index in [1.54, 1.807) is 19.1 Å². The number of carbonyl (C=O) groups excluding carboxylic acids is 1. The van der Waals surface area contributed by atoms with Crippen LogP contribution in [0.1, 0.15) is 17.2 Å². The molecule has 96 valence electrons. The first-order chi connectivity index (χ1) is 8.74. The predicted octanol–water partition coefficient (Wildman–Crippen LogP) is 1.75. The third kappa shape index (κ3) is 1.50. The lowest BCUT2D eigenvalue weighted by atomic mass is 9.93. The SMILES string of the molecule is COc1cc2c(cc1OC)C1COC(=O)N1CC2. The summed E-state index contributed by atoms with van der Waals surface area (Å²) in [4.78, 5) is 13.3. The fourth-order valence-electron chi connectivity index (χ4n) is 2.66. The Balaban J connectivity index is 2.06. The fourth-order valence-corrected chi connectivity index (χ4v) is 2.66. The first kappa shape index (κ1) is 11.2. The number of benzene rings is 1. The van der Waals surface area contributed by atoms with Gasteiger partial charge in [0, 0.05) is 6.54 Å². The second-order valence-corrected chi connectivity index (χ2v) is 4.44. The van der Waals surface area contributed by atoms with Crippen LogP contribution in [0.5, 0.6) is 11.5 Å². The highest BCUT2D eigenvalue weighted by Crippen LogP contribution is 2.40. The van der Waals surface area contributed by atoms with Gasteiger partial charge in [-0.3, -0.25) is 4.90 Å². The van der Waals surface area contributed by atoms with Crippen molar-refractivity contribution in [3.05, 3.63) is 23.3 Å². The summed E-state index contributed by atoms with van der Waals surface area (Å²) in [6.07, 6.45) is 0.599. The minimum atomic E-state index is -0.222. The van der Waals surface area contributed by atoms with Crippen molar-refractivity contribution < 1.29 is 19.0 Å². The van der Waals surface area contributed by atoms with Gasteiger partial charge in [0.2, 0.25) is 0 Å². The van der Waals surface area contributed by atoms with Crippen LogP contribution in [0.2, 0.25) is 0 Å². The molecule has 1 saturated heterocycles. The Labute approximate surface area is 105 Å². The van der Waals surface area contributed by atoms with Gasteiger partial charge in [0.25, 0.3) is 0 Å². The van der Waals surface area contributed by atoms with Gasteiger partial charge in [0.1, 0.15) is 6.61 Å². The van der Waals surface area contributed by atoms with Crippen molar-refractivity contribution in [3.8, 4) is 11.5 Å². The van der Waals surface area contributed by atoms with Crippen LogP contribution in [0, 0.1) is 0 Å². The minimum Gasteiger partial charge on any atom is -0.493 e. The number of hydrogen-bond acceptors (Lipinski definition) is 4. The topological polar surface area (TPSA) is 48.0 Å². The highest BCUT2D eigenvalue weighted by molar-refractivity contribution is 5.71. The third-order valence-electron chi connectivity index (χ3n) is 3.60. The van der Waals surface area contributed by atoms with Crippen LogP contribution in [0.15, 0.2) is 12.1 Å². The third-order valence-corrected chi connectivity index (χ3v) is 3.60. The summed E-state index contributed by atoms with van der Waals surface area (Å²) in [7, 11) is 3.24. The van der Waals surface area contributed by atoms with E-state index in [1.807, 2.05) is 12.1 Å². The van der Waals surface area contributed by atoms with Gasteiger partial charge in [-0.1, -0.05) is 0 Å². The molecular formula is C13H15NO4. The molecule has 1 aromatic carbocycles. The quantitative estimate of drug-likeness (QED) is 0.801. The van der Waals surface area contributed by atoms with Gasteiger partial charge in [0.15, 0.2) is 11.5 Å². The van der Waals surface area contributed by atoms with E-state index in [4.69, 9.17) is 14.2 Å². The highest BCUT2D eigenvalue weighted by Gasteiger charge is 2.38. The van der Waals surface area contributed by atoms with Gasteiger partial charge in [-0.25, -0.2) is 4.79 Å². The van der Waals surface area contributed by atoms with E-state index in [0.717, 1.165) is 17.7 Å². The Kier molecular flexibility index (Phi) is 2.54. The second-order valence-electron chi connectivity index (χ2n) is 4.44. The highest BCUT2D eigenvalue weighted by atomic mass is 16.6.